The van der Waals surface area contributed by atoms with Crippen LogP contribution in [0.4, 0.5) is 0 Å². The van der Waals surface area contributed by atoms with Gasteiger partial charge in [0.15, 0.2) is 0 Å². The summed E-state index contributed by atoms with van der Waals surface area (Å²) in [6.45, 7) is 0. The van der Waals surface area contributed by atoms with Gasteiger partial charge in [-0.15, -0.1) is 0 Å². The maximum atomic E-state index is 6.38. The molecule has 0 spiro atoms. The first-order valence-electron chi connectivity index (χ1n) is 32.8. The number of aromatic nitrogens is 4. The molecule has 0 radical (unpaired) electrons. The SMILES string of the molecule is c1cc(-c2ccc3oc4ccc(-n5c6ccccc6c6ccccc65)cc4c3c2)cc(-n2c3ccccc3c3ccccc32)c1.c1cc(-c2cccc(-n3c4ccccc4c4ccccc43)c2)cc(-c2ccc3oc4ccc(-n5c6ccccc6c6ccccc65)cc4c3c2)c1. The molecule has 0 amide bonds. The van der Waals surface area contributed by atoms with E-state index in [0.29, 0.717) is 0 Å². The van der Waals surface area contributed by atoms with Gasteiger partial charge in [0.05, 0.1) is 44.1 Å². The molecule has 21 aromatic rings. The van der Waals surface area contributed by atoms with Gasteiger partial charge in [-0.2, -0.15) is 0 Å². The molecule has 0 aliphatic carbocycles. The summed E-state index contributed by atoms with van der Waals surface area (Å²) in [4.78, 5) is 0. The quantitative estimate of drug-likeness (QED) is 0.160. The number of benzene rings is 15. The fourth-order valence-electron chi connectivity index (χ4n) is 15.5. The summed E-state index contributed by atoms with van der Waals surface area (Å²) in [7, 11) is 0. The monoisotopic (exact) mass is 1220 g/mol. The van der Waals surface area contributed by atoms with Gasteiger partial charge in [-0.1, -0.05) is 200 Å². The largest absolute Gasteiger partial charge is 0.456 e. The van der Waals surface area contributed by atoms with Crippen molar-refractivity contribution in [3.63, 3.8) is 0 Å². The predicted molar refractivity (Wildman–Crippen MR) is 401 cm³/mol. The van der Waals surface area contributed by atoms with Gasteiger partial charge in [0.25, 0.3) is 0 Å². The van der Waals surface area contributed by atoms with Crippen LogP contribution in [0.1, 0.15) is 0 Å². The zero-order chi connectivity index (χ0) is 63.0. The Morgan fingerprint density at radius 3 is 0.656 bits per heavy atom. The highest BCUT2D eigenvalue weighted by Crippen LogP contribution is 2.42. The number of hydrogen-bond donors (Lipinski definition) is 0. The van der Waals surface area contributed by atoms with E-state index in [0.717, 1.165) is 77.8 Å². The van der Waals surface area contributed by atoms with Gasteiger partial charge in [0.2, 0.25) is 0 Å². The summed E-state index contributed by atoms with van der Waals surface area (Å²) < 4.78 is 22.2. The number of hydrogen-bond acceptors (Lipinski definition) is 2. The Morgan fingerprint density at radius 1 is 0.146 bits per heavy atom. The minimum Gasteiger partial charge on any atom is -0.456 e. The van der Waals surface area contributed by atoms with Crippen LogP contribution in [0.25, 0.3) is 187 Å². The van der Waals surface area contributed by atoms with Crippen LogP contribution in [0.3, 0.4) is 0 Å². The van der Waals surface area contributed by atoms with Crippen LogP contribution in [0.15, 0.2) is 349 Å². The fraction of sp³-hybridized carbons (Fsp3) is 0. The van der Waals surface area contributed by atoms with Crippen molar-refractivity contribution in [2.45, 2.75) is 0 Å². The molecule has 6 nitrogen and oxygen atoms in total. The van der Waals surface area contributed by atoms with Crippen LogP contribution in [-0.4, -0.2) is 18.3 Å². The third-order valence-electron chi connectivity index (χ3n) is 19.8. The van der Waals surface area contributed by atoms with Crippen molar-refractivity contribution in [3.8, 4) is 56.1 Å². The second kappa shape index (κ2) is 21.3. The molecule has 6 aromatic heterocycles. The van der Waals surface area contributed by atoms with Crippen molar-refractivity contribution < 1.29 is 8.83 Å². The highest BCUT2D eigenvalue weighted by molar-refractivity contribution is 6.14. The average Bonchev–Trinajstić information content (AvgIpc) is 1.61. The van der Waals surface area contributed by atoms with Gasteiger partial charge in [-0.3, -0.25) is 0 Å². The van der Waals surface area contributed by atoms with Gasteiger partial charge >= 0.3 is 0 Å². The molecule has 6 heterocycles. The van der Waals surface area contributed by atoms with E-state index in [1.807, 2.05) is 0 Å². The van der Waals surface area contributed by atoms with Gasteiger partial charge in [-0.05, 0) is 173 Å². The second-order valence-electron chi connectivity index (χ2n) is 25.1. The Balaban J connectivity index is 0.000000132. The van der Waals surface area contributed by atoms with Crippen molar-refractivity contribution in [1.82, 2.24) is 18.3 Å². The molecule has 0 saturated heterocycles. The van der Waals surface area contributed by atoms with Crippen LogP contribution in [0.2, 0.25) is 0 Å². The fourth-order valence-corrected chi connectivity index (χ4v) is 15.5. The summed E-state index contributed by atoms with van der Waals surface area (Å²) in [5, 5.41) is 14.6. The smallest absolute Gasteiger partial charge is 0.135 e. The van der Waals surface area contributed by atoms with E-state index in [1.165, 1.54) is 109 Å². The van der Waals surface area contributed by atoms with Crippen LogP contribution in [0.5, 0.6) is 0 Å². The Kier molecular flexibility index (Phi) is 11.9. The predicted octanol–water partition coefficient (Wildman–Crippen LogP) is 24.6. The summed E-state index contributed by atoms with van der Waals surface area (Å²) in [6.07, 6.45) is 0. The number of furan rings is 2. The maximum absolute atomic E-state index is 6.38. The summed E-state index contributed by atoms with van der Waals surface area (Å²) in [5.41, 5.74) is 24.8. The van der Waals surface area contributed by atoms with E-state index in [9.17, 15) is 0 Å². The lowest BCUT2D eigenvalue weighted by Crippen LogP contribution is -1.94. The summed E-state index contributed by atoms with van der Waals surface area (Å²) in [6, 6.07) is 122. The highest BCUT2D eigenvalue weighted by Gasteiger charge is 2.20. The van der Waals surface area contributed by atoms with E-state index in [2.05, 4.69) is 358 Å². The van der Waals surface area contributed by atoms with Gasteiger partial charge in [0, 0.05) is 87.4 Å². The van der Waals surface area contributed by atoms with Crippen molar-refractivity contribution >= 4 is 131 Å². The lowest BCUT2D eigenvalue weighted by atomic mass is 9.97. The maximum Gasteiger partial charge on any atom is 0.135 e. The molecule has 21 rings (SSSR count). The Bertz CT molecular complexity index is 6520. The molecule has 0 atom stereocenters. The molecule has 0 aliphatic heterocycles. The van der Waals surface area contributed by atoms with Gasteiger partial charge in [-0.25, -0.2) is 0 Å². The van der Waals surface area contributed by atoms with E-state index in [1.54, 1.807) is 0 Å². The van der Waals surface area contributed by atoms with Gasteiger partial charge in [0.1, 0.15) is 22.3 Å². The average molecular weight is 1230 g/mol. The zero-order valence-electron chi connectivity index (χ0n) is 51.9. The summed E-state index contributed by atoms with van der Waals surface area (Å²) >= 11 is 0. The molecule has 15 aromatic carbocycles. The van der Waals surface area contributed by atoms with Crippen LogP contribution in [-0.2, 0) is 0 Å². The molecular formula is C90H56N4O2. The number of para-hydroxylation sites is 8. The molecule has 0 bridgehead atoms. The topological polar surface area (TPSA) is 46.0 Å². The van der Waals surface area contributed by atoms with Crippen LogP contribution < -0.4 is 0 Å². The molecule has 0 fully saturated rings. The lowest BCUT2D eigenvalue weighted by molar-refractivity contribution is 0.668. The molecule has 0 saturated carbocycles. The first-order valence-corrected chi connectivity index (χ1v) is 32.8. The minimum atomic E-state index is 0.891. The first-order chi connectivity index (χ1) is 47.6. The van der Waals surface area contributed by atoms with E-state index in [4.69, 9.17) is 8.83 Å². The van der Waals surface area contributed by atoms with Crippen molar-refractivity contribution in [1.29, 1.82) is 0 Å². The molecule has 0 N–H and O–H groups in total. The third kappa shape index (κ3) is 8.39. The Morgan fingerprint density at radius 2 is 0.365 bits per heavy atom. The molecule has 0 unspecified atom stereocenters. The highest BCUT2D eigenvalue weighted by atomic mass is 16.3. The van der Waals surface area contributed by atoms with Crippen LogP contribution >= 0.6 is 0 Å². The first kappa shape index (κ1) is 53.7. The second-order valence-corrected chi connectivity index (χ2v) is 25.1. The van der Waals surface area contributed by atoms with Gasteiger partial charge < -0.3 is 27.1 Å². The molecular weight excluding hydrogens is 1170 g/mol. The minimum absolute atomic E-state index is 0.891. The Labute approximate surface area is 550 Å². The molecule has 96 heavy (non-hydrogen) atoms. The lowest BCUT2D eigenvalue weighted by Gasteiger charge is -2.11. The van der Waals surface area contributed by atoms with E-state index < -0.39 is 0 Å². The number of fused-ring (bicyclic) bond motifs is 18. The normalized spacial score (nSPS) is 12.0. The number of rotatable bonds is 7. The van der Waals surface area contributed by atoms with Crippen molar-refractivity contribution in [3.05, 3.63) is 340 Å². The van der Waals surface area contributed by atoms with E-state index >= 15 is 0 Å². The standard InChI is InChI=1S/C48H30N2O.C42H26N2O/c1-5-19-43-37(15-1)38-16-2-6-20-44(38)49(43)35-14-10-13-33(28-35)31-11-9-12-32(27-31)34-23-25-47-41(29-34)42-30-36(24-26-48(42)51-47)50-45-21-7-3-17-39(45)40-18-4-8-22-46(40)50;1-5-16-37-31(12-1)32-13-2-6-17-38(32)43(37)29-11-9-10-27(24-29)28-20-22-41-35(25-28)36-26-30(21-23-42(36)45-41)44-39-18-7-3-14-33(39)34-15-4-8-19-40(34)44/h1-30H;1-26H. The molecule has 6 heteroatoms. The van der Waals surface area contributed by atoms with E-state index in [-0.39, 0.29) is 0 Å². The summed E-state index contributed by atoms with van der Waals surface area (Å²) in [5.74, 6) is 0. The third-order valence-corrected chi connectivity index (χ3v) is 19.8. The molecule has 0 aliphatic rings. The zero-order valence-corrected chi connectivity index (χ0v) is 51.9. The van der Waals surface area contributed by atoms with Crippen LogP contribution in [0, 0.1) is 0 Å². The Hall–Kier alpha value is -12.9. The van der Waals surface area contributed by atoms with Crippen molar-refractivity contribution in [2.24, 2.45) is 0 Å². The van der Waals surface area contributed by atoms with Crippen molar-refractivity contribution in [2.75, 3.05) is 0 Å². The molecule has 448 valence electrons. The number of nitrogens with zero attached hydrogens (tertiary/aromatic N) is 4.